The number of sulfone groups is 1. The van der Waals surface area contributed by atoms with E-state index in [0.29, 0.717) is 10.6 Å². The van der Waals surface area contributed by atoms with Gasteiger partial charge in [-0.15, -0.1) is 0 Å². The summed E-state index contributed by atoms with van der Waals surface area (Å²) in [5, 5.41) is 2.56. The first kappa shape index (κ1) is 26.3. The number of fused-ring (bicyclic) bond motifs is 1. The molecule has 1 heterocycles. The van der Waals surface area contributed by atoms with Crippen molar-refractivity contribution in [1.29, 1.82) is 0 Å². The Balaban J connectivity index is 1.99. The van der Waals surface area contributed by atoms with E-state index in [4.69, 9.17) is 28.9 Å². The highest BCUT2D eigenvalue weighted by Gasteiger charge is 2.37. The number of hydrogen-bond acceptors (Lipinski definition) is 5. The average molecular weight is 538 g/mol. The molecule has 0 unspecified atom stereocenters. The van der Waals surface area contributed by atoms with Gasteiger partial charge in [-0.2, -0.15) is 13.2 Å². The summed E-state index contributed by atoms with van der Waals surface area (Å²) in [6, 6.07) is 7.31. The number of hydrogen-bond donors (Lipinski definition) is 2. The van der Waals surface area contributed by atoms with Gasteiger partial charge in [0, 0.05) is 18.0 Å². The lowest BCUT2D eigenvalue weighted by atomic mass is 10.1. The highest BCUT2D eigenvalue weighted by Crippen LogP contribution is 2.36. The second-order valence-corrected chi connectivity index (χ2v) is 10.6. The standard InChI is InChI=1S/C21H20Cl2F3N3O4S/c22-13-4-2-12(3-5-13)10-29-17-8-14(19(30)28-7-1-6-21(24,25)26)15(23)9-18(17)34(32,33)11-16(27)20(29)31/h2-5,8-9,16H,1,6-7,10-11,27H2,(H,28,30)/t16-/m0/s1. The van der Waals surface area contributed by atoms with Crippen LogP contribution in [0.15, 0.2) is 41.3 Å². The molecule has 3 N–H and O–H groups in total. The molecule has 1 aliphatic rings. The van der Waals surface area contributed by atoms with Crippen molar-refractivity contribution in [2.45, 2.75) is 36.5 Å². The van der Waals surface area contributed by atoms with Gasteiger partial charge in [0.2, 0.25) is 5.91 Å². The van der Waals surface area contributed by atoms with Crippen molar-refractivity contribution in [3.63, 3.8) is 0 Å². The van der Waals surface area contributed by atoms with Gasteiger partial charge in [-0.05, 0) is 36.2 Å². The number of nitrogens with one attached hydrogen (secondary N) is 1. The fourth-order valence-electron chi connectivity index (χ4n) is 3.42. The molecule has 0 aromatic heterocycles. The van der Waals surface area contributed by atoms with Crippen molar-refractivity contribution in [2.75, 3.05) is 17.2 Å². The van der Waals surface area contributed by atoms with Gasteiger partial charge in [-0.3, -0.25) is 9.59 Å². The Kier molecular flexibility index (Phi) is 7.81. The minimum atomic E-state index is -4.36. The number of rotatable bonds is 6. The van der Waals surface area contributed by atoms with Crippen LogP contribution in [-0.4, -0.2) is 44.7 Å². The monoisotopic (exact) mass is 537 g/mol. The molecule has 2 aromatic carbocycles. The summed E-state index contributed by atoms with van der Waals surface area (Å²) in [7, 11) is -4.04. The van der Waals surface area contributed by atoms with Crippen molar-refractivity contribution < 1.29 is 31.2 Å². The number of halogens is 5. The number of anilines is 1. The number of amides is 2. The highest BCUT2D eigenvalue weighted by atomic mass is 35.5. The largest absolute Gasteiger partial charge is 0.389 e. The van der Waals surface area contributed by atoms with Crippen molar-refractivity contribution in [1.82, 2.24) is 5.32 Å². The van der Waals surface area contributed by atoms with Crippen LogP contribution in [0.1, 0.15) is 28.8 Å². The molecule has 2 amide bonds. The molecular weight excluding hydrogens is 518 g/mol. The normalized spacial score (nSPS) is 17.8. The number of nitrogens with two attached hydrogens (primary N) is 1. The third-order valence-electron chi connectivity index (χ3n) is 5.08. The molecule has 1 atom stereocenters. The van der Waals surface area contributed by atoms with Crippen LogP contribution in [-0.2, 0) is 21.2 Å². The van der Waals surface area contributed by atoms with Crippen LogP contribution in [0.4, 0.5) is 18.9 Å². The van der Waals surface area contributed by atoms with Gasteiger partial charge in [0.05, 0.1) is 39.5 Å². The van der Waals surface area contributed by atoms with Gasteiger partial charge in [0.1, 0.15) is 0 Å². The van der Waals surface area contributed by atoms with E-state index in [0.717, 1.165) is 17.0 Å². The molecule has 13 heteroatoms. The summed E-state index contributed by atoms with van der Waals surface area (Å²) in [6.07, 6.45) is -5.78. The van der Waals surface area contributed by atoms with Crippen LogP contribution in [0.5, 0.6) is 0 Å². The maximum Gasteiger partial charge on any atom is 0.389 e. The Labute approximate surface area is 203 Å². The van der Waals surface area contributed by atoms with Gasteiger partial charge < -0.3 is 16.0 Å². The molecule has 0 saturated heterocycles. The van der Waals surface area contributed by atoms with Crippen molar-refractivity contribution in [2.24, 2.45) is 5.73 Å². The molecule has 0 fully saturated rings. The summed E-state index contributed by atoms with van der Waals surface area (Å²) in [6.45, 7) is -0.344. The Morgan fingerprint density at radius 3 is 2.44 bits per heavy atom. The molecule has 7 nitrogen and oxygen atoms in total. The van der Waals surface area contributed by atoms with Gasteiger partial charge in [-0.25, -0.2) is 8.42 Å². The Hall–Kier alpha value is -2.34. The molecule has 0 radical (unpaired) electrons. The van der Waals surface area contributed by atoms with Crippen molar-refractivity contribution in [3.8, 4) is 0 Å². The number of benzene rings is 2. The zero-order valence-electron chi connectivity index (χ0n) is 17.5. The predicted octanol–water partition coefficient (Wildman–Crippen LogP) is 3.71. The predicted molar refractivity (Wildman–Crippen MR) is 122 cm³/mol. The van der Waals surface area contributed by atoms with Crippen LogP contribution in [0.25, 0.3) is 0 Å². The molecule has 0 bridgehead atoms. The van der Waals surface area contributed by atoms with Gasteiger partial charge >= 0.3 is 6.18 Å². The topological polar surface area (TPSA) is 110 Å². The molecule has 184 valence electrons. The first-order valence-corrected chi connectivity index (χ1v) is 12.4. The van der Waals surface area contributed by atoms with Crippen molar-refractivity contribution in [3.05, 3.63) is 57.6 Å². The summed E-state index contributed by atoms with van der Waals surface area (Å²) in [4.78, 5) is 26.5. The van der Waals surface area contributed by atoms with Gasteiger partial charge in [0.25, 0.3) is 5.91 Å². The third-order valence-corrected chi connectivity index (χ3v) is 7.44. The van der Waals surface area contributed by atoms with Crippen LogP contribution >= 0.6 is 23.2 Å². The first-order chi connectivity index (χ1) is 15.8. The van der Waals surface area contributed by atoms with Crippen LogP contribution in [0.2, 0.25) is 10.0 Å². The maximum atomic E-state index is 13.0. The van der Waals surface area contributed by atoms with Crippen molar-refractivity contribution >= 4 is 50.5 Å². The summed E-state index contributed by atoms with van der Waals surface area (Å²) >= 11 is 12.1. The SMILES string of the molecule is N[C@H]1CS(=O)(=O)c2cc(Cl)c(C(=O)NCCCC(F)(F)F)cc2N(Cc2ccc(Cl)cc2)C1=O. The number of nitrogens with zero attached hydrogens (tertiary/aromatic N) is 1. The quantitative estimate of drug-likeness (QED) is 0.546. The fourth-order valence-corrected chi connectivity index (χ4v) is 5.44. The van der Waals surface area contributed by atoms with E-state index in [1.54, 1.807) is 24.3 Å². The molecule has 1 aliphatic heterocycles. The Morgan fingerprint density at radius 2 is 1.82 bits per heavy atom. The summed E-state index contributed by atoms with van der Waals surface area (Å²) < 4.78 is 62.8. The van der Waals surface area contributed by atoms with E-state index in [1.807, 2.05) is 0 Å². The molecule has 0 spiro atoms. The smallest absolute Gasteiger partial charge is 0.352 e. The average Bonchev–Trinajstić information content (AvgIpc) is 2.80. The third kappa shape index (κ3) is 6.21. The Morgan fingerprint density at radius 1 is 1.18 bits per heavy atom. The zero-order valence-corrected chi connectivity index (χ0v) is 19.9. The molecule has 34 heavy (non-hydrogen) atoms. The number of alkyl halides is 3. The summed E-state index contributed by atoms with van der Waals surface area (Å²) in [5.41, 5.74) is 6.18. The summed E-state index contributed by atoms with van der Waals surface area (Å²) in [5.74, 6) is -2.15. The van der Waals surface area contributed by atoms with E-state index in [2.05, 4.69) is 5.32 Å². The van der Waals surface area contributed by atoms with Gasteiger partial charge in [0.15, 0.2) is 9.84 Å². The second kappa shape index (κ2) is 10.1. The minimum Gasteiger partial charge on any atom is -0.352 e. The van der Waals surface area contributed by atoms with Crippen LogP contribution in [0, 0.1) is 0 Å². The van der Waals surface area contributed by atoms with Crippen LogP contribution in [0.3, 0.4) is 0 Å². The number of carbonyl (C=O) groups is 2. The Bertz CT molecular complexity index is 1200. The zero-order chi connectivity index (χ0) is 25.3. The first-order valence-electron chi connectivity index (χ1n) is 10.0. The van der Waals surface area contributed by atoms with Gasteiger partial charge in [-0.1, -0.05) is 35.3 Å². The lowest BCUT2D eigenvalue weighted by Gasteiger charge is -2.25. The van der Waals surface area contributed by atoms with Crippen LogP contribution < -0.4 is 16.0 Å². The molecular formula is C21H20Cl2F3N3O4S. The number of carbonyl (C=O) groups excluding carboxylic acids is 2. The lowest BCUT2D eigenvalue weighted by Crippen LogP contribution is -2.45. The highest BCUT2D eigenvalue weighted by molar-refractivity contribution is 7.91. The molecule has 3 rings (SSSR count). The van der Waals surface area contributed by atoms with E-state index >= 15 is 0 Å². The van der Waals surface area contributed by atoms with E-state index in [1.165, 1.54) is 0 Å². The fraction of sp³-hybridized carbons (Fsp3) is 0.333. The lowest BCUT2D eigenvalue weighted by molar-refractivity contribution is -0.135. The van der Waals surface area contributed by atoms with E-state index in [-0.39, 0.29) is 40.7 Å². The minimum absolute atomic E-state index is 0.0690. The van der Waals surface area contributed by atoms with E-state index in [9.17, 15) is 31.2 Å². The molecule has 0 saturated carbocycles. The molecule has 0 aliphatic carbocycles. The molecule has 2 aromatic rings. The maximum absolute atomic E-state index is 13.0. The second-order valence-electron chi connectivity index (χ2n) is 7.71. The van der Waals surface area contributed by atoms with E-state index < -0.39 is 46.0 Å².